The molecule has 0 aliphatic carbocycles. The Morgan fingerprint density at radius 3 is 2.36 bits per heavy atom. The lowest BCUT2D eigenvalue weighted by Crippen LogP contribution is -2.59. The van der Waals surface area contributed by atoms with Gasteiger partial charge in [-0.05, 0) is 49.2 Å². The smallest absolute Gasteiger partial charge is 0.497 e. The highest BCUT2D eigenvalue weighted by Crippen LogP contribution is 2.55. The van der Waals surface area contributed by atoms with Gasteiger partial charge in [-0.15, -0.1) is 13.2 Å². The van der Waals surface area contributed by atoms with Gasteiger partial charge in [-0.1, -0.05) is 29.8 Å². The Balaban J connectivity index is 1.84. The average Bonchev–Trinajstić information content (AvgIpc) is 3.56. The molecule has 3 aromatic carbocycles. The highest BCUT2D eigenvalue weighted by atomic mass is 35.5. The van der Waals surface area contributed by atoms with Crippen LogP contribution in [0.2, 0.25) is 5.02 Å². The first-order chi connectivity index (χ1) is 21.2. The Labute approximate surface area is 262 Å². The summed E-state index contributed by atoms with van der Waals surface area (Å²) in [6, 6.07) is 12.5. The molecule has 5 rings (SSSR count). The summed E-state index contributed by atoms with van der Waals surface area (Å²) in [5.41, 5.74) is -1.83. The minimum Gasteiger partial charge on any atom is -0.497 e. The maximum absolute atomic E-state index is 15.1. The van der Waals surface area contributed by atoms with Crippen LogP contribution in [0.5, 0.6) is 17.2 Å². The summed E-state index contributed by atoms with van der Waals surface area (Å²) in [4.78, 5) is 30.7. The van der Waals surface area contributed by atoms with Crippen LogP contribution >= 0.6 is 11.6 Å². The lowest BCUT2D eigenvalue weighted by molar-refractivity contribution is -0.275. The van der Waals surface area contributed by atoms with E-state index in [0.717, 1.165) is 18.2 Å². The Hall–Kier alpha value is -4.01. The number of alkyl halides is 3. The zero-order valence-electron chi connectivity index (χ0n) is 24.6. The number of likely N-dealkylation sites (tertiary alicyclic amines) is 1. The molecule has 3 aromatic rings. The number of ether oxygens (including phenoxy) is 3. The van der Waals surface area contributed by atoms with Crippen molar-refractivity contribution in [1.82, 2.24) is 9.80 Å². The molecule has 15 heteroatoms. The summed E-state index contributed by atoms with van der Waals surface area (Å²) in [5.74, 6) is -2.38. The number of methoxy groups -OCH3 is 2. The number of sulfonamides is 1. The van der Waals surface area contributed by atoms with Gasteiger partial charge in [0, 0.05) is 42.9 Å². The molecule has 2 atom stereocenters. The number of para-hydroxylation sites is 1. The molecule has 0 saturated carbocycles. The molecule has 2 unspecified atom stereocenters. The van der Waals surface area contributed by atoms with Crippen molar-refractivity contribution < 1.29 is 45.4 Å². The summed E-state index contributed by atoms with van der Waals surface area (Å²) >= 11 is 6.46. The van der Waals surface area contributed by atoms with E-state index in [9.17, 15) is 26.4 Å². The van der Waals surface area contributed by atoms with Crippen molar-refractivity contribution in [3.8, 4) is 17.2 Å². The van der Waals surface area contributed by atoms with Crippen LogP contribution in [0, 0.1) is 0 Å². The Morgan fingerprint density at radius 2 is 1.71 bits per heavy atom. The van der Waals surface area contributed by atoms with Crippen molar-refractivity contribution >= 4 is 39.1 Å². The van der Waals surface area contributed by atoms with Gasteiger partial charge in [-0.3, -0.25) is 14.5 Å². The molecule has 240 valence electrons. The molecule has 1 fully saturated rings. The quantitative estimate of drug-likeness (QED) is 0.338. The van der Waals surface area contributed by atoms with E-state index in [1.54, 1.807) is 43.3 Å². The number of likely N-dealkylation sites (N-methyl/N-ethyl adjacent to an activating group) is 1. The predicted molar refractivity (Wildman–Crippen MR) is 158 cm³/mol. The summed E-state index contributed by atoms with van der Waals surface area (Å²) in [5, 5.41) is 0.153. The van der Waals surface area contributed by atoms with Crippen LogP contribution in [-0.2, 0) is 25.2 Å². The van der Waals surface area contributed by atoms with Crippen molar-refractivity contribution in [3.05, 3.63) is 76.8 Å². The van der Waals surface area contributed by atoms with Crippen LogP contribution in [0.15, 0.2) is 65.6 Å². The van der Waals surface area contributed by atoms with E-state index in [4.69, 9.17) is 21.1 Å². The minimum absolute atomic E-state index is 0.110. The second-order valence-electron chi connectivity index (χ2n) is 10.6. The van der Waals surface area contributed by atoms with Crippen LogP contribution in [0.25, 0.3) is 0 Å². The lowest BCUT2D eigenvalue weighted by atomic mass is 9.80. The fraction of sp³-hybridized carbons (Fsp3) is 0.333. The number of carbonyl (C=O) groups excluding carboxylic acids is 2. The standard InChI is InChI=1S/C30H29ClF3N3O7S/c1-35(2)27(38)23-9-7-15-36(23)29(20-8-5-6-10-24(20)43-4)21-16-18(31)11-13-22(21)37(28(29)39)45(40,41)26-14-12-19(42-3)17-25(26)44-30(32,33)34/h5-6,8,10-14,16-17,23H,7,9,15H2,1-4H3. The number of hydrogen-bond donors (Lipinski definition) is 0. The van der Waals surface area contributed by atoms with Gasteiger partial charge in [0.1, 0.15) is 16.4 Å². The van der Waals surface area contributed by atoms with Crippen molar-refractivity contribution in [2.45, 2.75) is 35.7 Å². The monoisotopic (exact) mass is 667 g/mol. The molecule has 0 N–H and O–H groups in total. The molecule has 2 aliphatic rings. The van der Waals surface area contributed by atoms with E-state index in [1.807, 2.05) is 0 Å². The van der Waals surface area contributed by atoms with Crippen molar-refractivity contribution in [3.63, 3.8) is 0 Å². The molecule has 45 heavy (non-hydrogen) atoms. The molecule has 0 aromatic heterocycles. The zero-order chi connectivity index (χ0) is 32.9. The number of amides is 2. The van der Waals surface area contributed by atoms with Crippen LogP contribution in [0.3, 0.4) is 0 Å². The summed E-state index contributed by atoms with van der Waals surface area (Å²) in [7, 11) is 0.576. The topological polar surface area (TPSA) is 106 Å². The molecule has 0 bridgehead atoms. The average molecular weight is 668 g/mol. The summed E-state index contributed by atoms with van der Waals surface area (Å²) < 4.78 is 84.6. The fourth-order valence-electron chi connectivity index (χ4n) is 6.08. The Morgan fingerprint density at radius 1 is 1.00 bits per heavy atom. The molecule has 0 spiro atoms. The van der Waals surface area contributed by atoms with E-state index in [1.165, 1.54) is 37.3 Å². The second kappa shape index (κ2) is 11.7. The van der Waals surface area contributed by atoms with E-state index >= 15 is 4.79 Å². The predicted octanol–water partition coefficient (Wildman–Crippen LogP) is 4.79. The first-order valence-corrected chi connectivity index (χ1v) is 15.4. The van der Waals surface area contributed by atoms with Crippen molar-refractivity contribution in [2.24, 2.45) is 0 Å². The maximum Gasteiger partial charge on any atom is 0.573 e. The lowest BCUT2D eigenvalue weighted by Gasteiger charge is -2.42. The molecular weight excluding hydrogens is 639 g/mol. The molecule has 2 heterocycles. The summed E-state index contributed by atoms with van der Waals surface area (Å²) in [6.07, 6.45) is -4.43. The number of fused-ring (bicyclic) bond motifs is 1. The first kappa shape index (κ1) is 32.4. The van der Waals surface area contributed by atoms with Gasteiger partial charge in [0.05, 0.1) is 25.9 Å². The third-order valence-corrected chi connectivity index (χ3v) is 9.83. The molecule has 2 aliphatic heterocycles. The SMILES string of the molecule is COc1ccc(S(=O)(=O)N2C(=O)C(c3ccccc3OC)(N3CCCC3C(=O)N(C)C)c3cc(Cl)ccc32)c(OC(F)(F)F)c1. The molecule has 0 radical (unpaired) electrons. The fourth-order valence-corrected chi connectivity index (χ4v) is 7.81. The normalized spacial score (nSPS) is 20.2. The first-order valence-electron chi connectivity index (χ1n) is 13.6. The number of rotatable bonds is 8. The number of nitrogens with zero attached hydrogens (tertiary/aromatic N) is 3. The third kappa shape index (κ3) is 5.34. The number of halogens is 4. The highest BCUT2D eigenvalue weighted by molar-refractivity contribution is 7.93. The van der Waals surface area contributed by atoms with Gasteiger partial charge < -0.3 is 19.1 Å². The third-order valence-electron chi connectivity index (χ3n) is 7.86. The van der Waals surface area contributed by atoms with E-state index in [0.29, 0.717) is 17.1 Å². The molecule has 1 saturated heterocycles. The van der Waals surface area contributed by atoms with Crippen LogP contribution in [0.4, 0.5) is 18.9 Å². The second-order valence-corrected chi connectivity index (χ2v) is 12.8. The van der Waals surface area contributed by atoms with Crippen LogP contribution in [-0.4, -0.2) is 77.3 Å². The van der Waals surface area contributed by atoms with Gasteiger partial charge in [0.15, 0.2) is 11.3 Å². The van der Waals surface area contributed by atoms with Crippen molar-refractivity contribution in [2.75, 3.05) is 39.2 Å². The van der Waals surface area contributed by atoms with Crippen LogP contribution in [0.1, 0.15) is 24.0 Å². The maximum atomic E-state index is 15.1. The number of hydrogen-bond acceptors (Lipinski definition) is 8. The van der Waals surface area contributed by atoms with Gasteiger partial charge >= 0.3 is 6.36 Å². The van der Waals surface area contributed by atoms with Gasteiger partial charge in [-0.2, -0.15) is 0 Å². The summed E-state index contributed by atoms with van der Waals surface area (Å²) in [6.45, 7) is 0.193. The van der Waals surface area contributed by atoms with E-state index in [-0.39, 0.29) is 45.8 Å². The number of carbonyl (C=O) groups is 2. The molecule has 10 nitrogen and oxygen atoms in total. The van der Waals surface area contributed by atoms with Gasteiger partial charge in [0.2, 0.25) is 5.91 Å². The number of benzene rings is 3. The minimum atomic E-state index is -5.27. The zero-order valence-corrected chi connectivity index (χ0v) is 26.2. The molecule has 2 amide bonds. The van der Waals surface area contributed by atoms with E-state index in [2.05, 4.69) is 4.74 Å². The molecular formula is C30H29ClF3N3O7S. The largest absolute Gasteiger partial charge is 0.573 e. The van der Waals surface area contributed by atoms with Crippen LogP contribution < -0.4 is 18.5 Å². The van der Waals surface area contributed by atoms with Crippen molar-refractivity contribution in [1.29, 1.82) is 0 Å². The van der Waals surface area contributed by atoms with E-state index < -0.39 is 44.5 Å². The highest BCUT2D eigenvalue weighted by Gasteiger charge is 2.63. The number of anilines is 1. The Bertz CT molecular complexity index is 1770. The Kier molecular flexibility index (Phi) is 8.44. The van der Waals surface area contributed by atoms with Gasteiger partial charge in [0.25, 0.3) is 15.9 Å². The van der Waals surface area contributed by atoms with Gasteiger partial charge in [-0.25, -0.2) is 12.7 Å².